The third kappa shape index (κ3) is 3.25. The van der Waals surface area contributed by atoms with Crippen LogP contribution in [-0.2, 0) is 28.5 Å². The number of ether oxygens (including phenoxy) is 5. The highest BCUT2D eigenvalue weighted by atomic mass is 16.7. The van der Waals surface area contributed by atoms with Gasteiger partial charge in [-0.1, -0.05) is 0 Å². The van der Waals surface area contributed by atoms with E-state index in [0.717, 1.165) is 0 Å². The van der Waals surface area contributed by atoms with Gasteiger partial charge in [-0.2, -0.15) is 0 Å². The average molecular weight is 559 g/mol. The van der Waals surface area contributed by atoms with E-state index >= 15 is 0 Å². The van der Waals surface area contributed by atoms with E-state index in [1.54, 1.807) is 20.8 Å². The number of ketones is 2. The lowest BCUT2D eigenvalue weighted by Gasteiger charge is -2.54. The van der Waals surface area contributed by atoms with E-state index in [9.17, 15) is 34.8 Å². The van der Waals surface area contributed by atoms with Crippen molar-refractivity contribution in [3.05, 3.63) is 33.4 Å². The minimum atomic E-state index is -2.07. The lowest BCUT2D eigenvalue weighted by molar-refractivity contribution is -0.291. The SMILES string of the molecule is C[C@@H]1O[C@H]2CC(=O)O[C@H]2c2c(O)c3c(c(O)c21)C(=O)C1=C(C3=O)[C@@H]2C[C@H](O[C@H]3CC[C@H](O)[C@H](C)O3)[C@]1(O)[C@H](C)O2. The average Bonchev–Trinajstić information content (AvgIpc) is 3.26. The number of hydrogen-bond donors (Lipinski definition) is 4. The standard InChI is InChI=1S/C28H30O12/c1-8-11(29)4-5-16(37-8)39-14-6-12-18-22(28(14,35)10(3)38-12)26(34)20-19(24(18)32)25(33)21-17(23(20)31)9(2)36-13-7-15(30)40-27(13)21/h8-14,16,27,29,31,33,35H,4-7H2,1-3H3/t8-,9-,10-,11-,12-,13-,14-,16-,27+,28+/m0/s1. The summed E-state index contributed by atoms with van der Waals surface area (Å²) in [5, 5.41) is 44.9. The van der Waals surface area contributed by atoms with Gasteiger partial charge >= 0.3 is 5.97 Å². The number of fused-ring (bicyclic) bond motifs is 6. The van der Waals surface area contributed by atoms with Crippen molar-refractivity contribution in [3.8, 4) is 11.5 Å². The zero-order valence-electron chi connectivity index (χ0n) is 22.1. The maximum atomic E-state index is 14.2. The second-order valence-corrected chi connectivity index (χ2v) is 11.5. The Morgan fingerprint density at radius 2 is 1.62 bits per heavy atom. The van der Waals surface area contributed by atoms with E-state index in [1.165, 1.54) is 0 Å². The second-order valence-electron chi connectivity index (χ2n) is 11.5. The van der Waals surface area contributed by atoms with Gasteiger partial charge in [0.25, 0.3) is 0 Å². The molecule has 0 aromatic heterocycles. The number of benzene rings is 1. The predicted molar refractivity (Wildman–Crippen MR) is 131 cm³/mol. The van der Waals surface area contributed by atoms with Crippen molar-refractivity contribution >= 4 is 17.5 Å². The van der Waals surface area contributed by atoms with Gasteiger partial charge in [-0.25, -0.2) is 0 Å². The smallest absolute Gasteiger partial charge is 0.309 e. The quantitative estimate of drug-likeness (QED) is 0.303. The maximum Gasteiger partial charge on any atom is 0.309 e. The van der Waals surface area contributed by atoms with Crippen molar-refractivity contribution in [3.63, 3.8) is 0 Å². The molecule has 10 atom stereocenters. The van der Waals surface area contributed by atoms with Gasteiger partial charge in [-0.05, 0) is 27.2 Å². The zero-order valence-corrected chi connectivity index (χ0v) is 22.1. The normalized spacial score (nSPS) is 41.8. The molecule has 0 radical (unpaired) electrons. The highest BCUT2D eigenvalue weighted by molar-refractivity contribution is 6.30. The topological polar surface area (TPSA) is 178 Å². The number of carbonyl (C=O) groups is 3. The molecule has 2 bridgehead atoms. The van der Waals surface area contributed by atoms with Crippen LogP contribution in [0.1, 0.15) is 90.5 Å². The number of aromatic hydroxyl groups is 2. The van der Waals surface area contributed by atoms with Gasteiger partial charge in [0.15, 0.2) is 24.0 Å². The molecule has 8 rings (SSSR count). The van der Waals surface area contributed by atoms with Crippen LogP contribution in [0.4, 0.5) is 0 Å². The molecular formula is C28H30O12. The number of Topliss-reactive ketones (excluding diaryl/α,β-unsaturated/α-hetero) is 2. The Kier molecular flexibility index (Phi) is 5.58. The number of carbonyl (C=O) groups excluding carboxylic acids is 3. The zero-order chi connectivity index (χ0) is 28.4. The van der Waals surface area contributed by atoms with Gasteiger partial charge in [-0.15, -0.1) is 0 Å². The highest BCUT2D eigenvalue weighted by Gasteiger charge is 2.64. The Labute approximate surface area is 228 Å². The molecule has 5 heterocycles. The lowest BCUT2D eigenvalue weighted by atomic mass is 9.63. The van der Waals surface area contributed by atoms with E-state index in [1.807, 2.05) is 0 Å². The van der Waals surface area contributed by atoms with Crippen molar-refractivity contribution in [1.82, 2.24) is 0 Å². The number of rotatable bonds is 2. The van der Waals surface area contributed by atoms with Gasteiger partial charge in [0.2, 0.25) is 0 Å². The van der Waals surface area contributed by atoms with Crippen LogP contribution in [0, 0.1) is 0 Å². The number of phenols is 2. The van der Waals surface area contributed by atoms with Gasteiger partial charge in [0, 0.05) is 35.1 Å². The molecule has 1 aromatic rings. The summed E-state index contributed by atoms with van der Waals surface area (Å²) >= 11 is 0. The highest BCUT2D eigenvalue weighted by Crippen LogP contribution is 2.57. The molecule has 0 spiro atoms. The molecule has 0 unspecified atom stereocenters. The van der Waals surface area contributed by atoms with E-state index in [-0.39, 0.29) is 35.1 Å². The summed E-state index contributed by atoms with van der Waals surface area (Å²) in [6.07, 6.45) is -6.58. The van der Waals surface area contributed by atoms with Crippen molar-refractivity contribution in [2.75, 3.05) is 0 Å². The van der Waals surface area contributed by atoms with Crippen LogP contribution >= 0.6 is 0 Å². The fourth-order valence-corrected chi connectivity index (χ4v) is 7.31. The fraction of sp³-hybridized carbons (Fsp3) is 0.607. The summed E-state index contributed by atoms with van der Waals surface area (Å²) in [5.41, 5.74) is -3.18. The molecule has 3 fully saturated rings. The first-order chi connectivity index (χ1) is 18.9. The minimum Gasteiger partial charge on any atom is -0.507 e. The first-order valence-corrected chi connectivity index (χ1v) is 13.6. The molecule has 214 valence electrons. The molecule has 4 N–H and O–H groups in total. The van der Waals surface area contributed by atoms with Crippen LogP contribution in [-0.4, -0.2) is 86.5 Å². The molecule has 12 heteroatoms. The summed E-state index contributed by atoms with van der Waals surface area (Å²) in [7, 11) is 0. The molecular weight excluding hydrogens is 528 g/mol. The molecule has 7 aliphatic rings. The van der Waals surface area contributed by atoms with E-state index < -0.39 is 101 Å². The van der Waals surface area contributed by atoms with Crippen LogP contribution < -0.4 is 0 Å². The van der Waals surface area contributed by atoms with Crippen LogP contribution in [0.25, 0.3) is 0 Å². The number of hydrogen-bond acceptors (Lipinski definition) is 12. The Morgan fingerprint density at radius 1 is 0.925 bits per heavy atom. The first kappa shape index (κ1) is 26.1. The van der Waals surface area contributed by atoms with Crippen LogP contribution in [0.15, 0.2) is 11.1 Å². The van der Waals surface area contributed by atoms with Gasteiger partial charge in [-0.3, -0.25) is 14.4 Å². The summed E-state index contributed by atoms with van der Waals surface area (Å²) in [4.78, 5) is 40.2. The van der Waals surface area contributed by atoms with Crippen molar-refractivity contribution in [1.29, 1.82) is 0 Å². The first-order valence-electron chi connectivity index (χ1n) is 13.6. The second kappa shape index (κ2) is 8.57. The Bertz CT molecular complexity index is 1400. The molecule has 40 heavy (non-hydrogen) atoms. The third-order valence-electron chi connectivity index (χ3n) is 9.31. The van der Waals surface area contributed by atoms with Crippen LogP contribution in [0.2, 0.25) is 0 Å². The predicted octanol–water partition coefficient (Wildman–Crippen LogP) is 1.41. The summed E-state index contributed by atoms with van der Waals surface area (Å²) < 4.78 is 29.1. The summed E-state index contributed by atoms with van der Waals surface area (Å²) in [5.74, 6) is -3.28. The molecule has 5 aliphatic heterocycles. The molecule has 2 aliphatic carbocycles. The van der Waals surface area contributed by atoms with E-state index in [4.69, 9.17) is 23.7 Å². The van der Waals surface area contributed by atoms with Gasteiger partial charge < -0.3 is 44.1 Å². The summed E-state index contributed by atoms with van der Waals surface area (Å²) in [6.45, 7) is 4.88. The summed E-state index contributed by atoms with van der Waals surface area (Å²) in [6, 6.07) is 0. The number of phenolic OH excluding ortho intramolecular Hbond substituents is 2. The van der Waals surface area contributed by atoms with Crippen molar-refractivity contribution < 1.29 is 58.5 Å². The van der Waals surface area contributed by atoms with Crippen molar-refractivity contribution in [2.24, 2.45) is 0 Å². The van der Waals surface area contributed by atoms with Gasteiger partial charge in [0.1, 0.15) is 23.2 Å². The lowest BCUT2D eigenvalue weighted by Crippen LogP contribution is -2.67. The molecule has 1 aromatic carbocycles. The minimum absolute atomic E-state index is 0.0374. The third-order valence-corrected chi connectivity index (χ3v) is 9.31. The Morgan fingerprint density at radius 3 is 2.35 bits per heavy atom. The monoisotopic (exact) mass is 558 g/mol. The number of aliphatic hydroxyl groups is 2. The van der Waals surface area contributed by atoms with E-state index in [2.05, 4.69) is 0 Å². The van der Waals surface area contributed by atoms with Crippen LogP contribution in [0.3, 0.4) is 0 Å². The molecule has 0 amide bonds. The van der Waals surface area contributed by atoms with Crippen molar-refractivity contribution in [2.45, 2.75) is 107 Å². The molecule has 3 saturated heterocycles. The van der Waals surface area contributed by atoms with E-state index in [0.29, 0.717) is 12.8 Å². The fourth-order valence-electron chi connectivity index (χ4n) is 7.31. The molecule has 0 saturated carbocycles. The number of aliphatic hydroxyl groups excluding tert-OH is 1. The molecule has 12 nitrogen and oxygen atoms in total. The largest absolute Gasteiger partial charge is 0.507 e. The maximum absolute atomic E-state index is 14.2. The Balaban J connectivity index is 1.34. The Hall–Kier alpha value is -2.87. The van der Waals surface area contributed by atoms with Crippen LogP contribution in [0.5, 0.6) is 11.5 Å². The van der Waals surface area contributed by atoms with Gasteiger partial charge in [0.05, 0.1) is 54.2 Å². The number of esters is 1.